The van der Waals surface area contributed by atoms with Gasteiger partial charge in [-0.2, -0.15) is 0 Å². The molecule has 0 aliphatic heterocycles. The van der Waals surface area contributed by atoms with E-state index < -0.39 is 11.9 Å². The zero-order chi connectivity index (χ0) is 20.3. The molecule has 6 heteroatoms. The Morgan fingerprint density at radius 2 is 1.89 bits per heavy atom. The number of halogens is 1. The van der Waals surface area contributed by atoms with Crippen LogP contribution in [0.5, 0.6) is 0 Å². The van der Waals surface area contributed by atoms with E-state index in [1.54, 1.807) is 18.2 Å². The van der Waals surface area contributed by atoms with Gasteiger partial charge in [0.25, 0.3) is 5.91 Å². The zero-order valence-corrected chi connectivity index (χ0v) is 16.8. The Balaban J connectivity index is 1.78. The van der Waals surface area contributed by atoms with Gasteiger partial charge >= 0.3 is 5.97 Å². The smallest absolute Gasteiger partial charge is 0.339 e. The molecular weight excluding hydrogens is 376 g/mol. The molecule has 0 saturated heterocycles. The first-order chi connectivity index (χ1) is 13.4. The van der Waals surface area contributed by atoms with E-state index in [-0.39, 0.29) is 6.61 Å². The van der Waals surface area contributed by atoms with Gasteiger partial charge in [-0.05, 0) is 55.7 Å². The van der Waals surface area contributed by atoms with Crippen LogP contribution < -0.4 is 5.32 Å². The highest BCUT2D eigenvalue weighted by atomic mass is 35.5. The second-order valence-electron chi connectivity index (χ2n) is 6.51. The number of nitrogens with zero attached hydrogens (tertiary/aromatic N) is 1. The van der Waals surface area contributed by atoms with Crippen molar-refractivity contribution in [1.29, 1.82) is 0 Å². The molecule has 0 fully saturated rings. The molecule has 0 unspecified atom stereocenters. The largest absolute Gasteiger partial charge is 0.452 e. The molecule has 1 N–H and O–H groups in total. The van der Waals surface area contributed by atoms with Crippen molar-refractivity contribution in [3.63, 3.8) is 0 Å². The highest BCUT2D eigenvalue weighted by Crippen LogP contribution is 2.24. The summed E-state index contributed by atoms with van der Waals surface area (Å²) >= 11 is 5.92. The van der Waals surface area contributed by atoms with Crippen LogP contribution in [0.25, 0.3) is 10.9 Å². The number of anilines is 1. The van der Waals surface area contributed by atoms with Crippen LogP contribution in [0, 0.1) is 13.8 Å². The molecule has 0 aliphatic rings. The van der Waals surface area contributed by atoms with Crippen molar-refractivity contribution in [2.24, 2.45) is 0 Å². The van der Waals surface area contributed by atoms with E-state index in [4.69, 9.17) is 16.3 Å². The molecule has 0 atom stereocenters. The second-order valence-corrected chi connectivity index (χ2v) is 6.95. The van der Waals surface area contributed by atoms with Crippen LogP contribution in [0.4, 0.5) is 5.69 Å². The fourth-order valence-corrected chi connectivity index (χ4v) is 3.35. The molecule has 3 rings (SSSR count). The minimum absolute atomic E-state index is 0.377. The minimum Gasteiger partial charge on any atom is -0.452 e. The maximum Gasteiger partial charge on any atom is 0.339 e. The van der Waals surface area contributed by atoms with E-state index >= 15 is 0 Å². The van der Waals surface area contributed by atoms with E-state index in [9.17, 15) is 9.59 Å². The SMILES string of the molecule is CCc1nc2ccccc2c(C(=O)OCC(=O)Nc2ccc(Cl)cc2C)c1C. The van der Waals surface area contributed by atoms with E-state index in [0.717, 1.165) is 27.7 Å². The third-order valence-corrected chi connectivity index (χ3v) is 4.81. The Kier molecular flexibility index (Phi) is 5.95. The Morgan fingerprint density at radius 3 is 2.61 bits per heavy atom. The number of carbonyl (C=O) groups excluding carboxylic acids is 2. The van der Waals surface area contributed by atoms with E-state index in [2.05, 4.69) is 10.3 Å². The number of amides is 1. The summed E-state index contributed by atoms with van der Waals surface area (Å²) in [6, 6.07) is 12.6. The highest BCUT2D eigenvalue weighted by Gasteiger charge is 2.19. The van der Waals surface area contributed by atoms with Gasteiger partial charge in [0.05, 0.1) is 11.1 Å². The predicted octanol–water partition coefficient (Wildman–Crippen LogP) is 4.86. The summed E-state index contributed by atoms with van der Waals surface area (Å²) in [4.78, 5) is 29.6. The number of rotatable bonds is 5. The number of hydrogen-bond donors (Lipinski definition) is 1. The molecule has 1 amide bonds. The number of nitrogens with one attached hydrogen (secondary N) is 1. The van der Waals surface area contributed by atoms with Crippen molar-refractivity contribution in [3.05, 3.63) is 69.9 Å². The molecule has 1 aromatic heterocycles. The fraction of sp³-hybridized carbons (Fsp3) is 0.227. The van der Waals surface area contributed by atoms with E-state index in [1.165, 1.54) is 0 Å². The minimum atomic E-state index is -0.534. The molecule has 3 aromatic rings. The molecule has 0 bridgehead atoms. The normalized spacial score (nSPS) is 10.7. The van der Waals surface area contributed by atoms with Gasteiger partial charge in [0.1, 0.15) is 0 Å². The molecule has 0 aliphatic carbocycles. The average Bonchev–Trinajstić information content (AvgIpc) is 2.68. The second kappa shape index (κ2) is 8.40. The summed E-state index contributed by atoms with van der Waals surface area (Å²) in [6.07, 6.45) is 0.702. The first-order valence-corrected chi connectivity index (χ1v) is 9.39. The summed E-state index contributed by atoms with van der Waals surface area (Å²) in [5.41, 5.74) is 4.27. The molecular formula is C22H21ClN2O3. The van der Waals surface area contributed by atoms with Crippen LogP contribution in [-0.4, -0.2) is 23.5 Å². The monoisotopic (exact) mass is 396 g/mol. The molecule has 28 heavy (non-hydrogen) atoms. The molecule has 1 heterocycles. The number of aryl methyl sites for hydroxylation is 2. The zero-order valence-electron chi connectivity index (χ0n) is 16.0. The van der Waals surface area contributed by atoms with Crippen LogP contribution in [-0.2, 0) is 16.0 Å². The number of aromatic nitrogens is 1. The third-order valence-electron chi connectivity index (χ3n) is 4.57. The Hall–Kier alpha value is -2.92. The van der Waals surface area contributed by atoms with Gasteiger partial charge in [-0.15, -0.1) is 0 Å². The van der Waals surface area contributed by atoms with Crippen molar-refractivity contribution in [3.8, 4) is 0 Å². The number of carbonyl (C=O) groups is 2. The fourth-order valence-electron chi connectivity index (χ4n) is 3.12. The molecule has 0 radical (unpaired) electrons. The van der Waals surface area contributed by atoms with Crippen molar-refractivity contribution >= 4 is 40.1 Å². The van der Waals surface area contributed by atoms with Gasteiger partial charge in [0, 0.05) is 21.8 Å². The number of pyridine rings is 1. The Labute approximate surface area is 168 Å². The summed E-state index contributed by atoms with van der Waals surface area (Å²) in [6.45, 7) is 5.30. The first kappa shape index (κ1) is 19.8. The average molecular weight is 397 g/mol. The lowest BCUT2D eigenvalue weighted by Crippen LogP contribution is -2.22. The highest BCUT2D eigenvalue weighted by molar-refractivity contribution is 6.30. The van der Waals surface area contributed by atoms with Gasteiger partial charge in [0.15, 0.2) is 6.61 Å². The van der Waals surface area contributed by atoms with Crippen molar-refractivity contribution in [1.82, 2.24) is 4.98 Å². The molecule has 0 saturated carbocycles. The lowest BCUT2D eigenvalue weighted by atomic mass is 10.0. The molecule has 0 spiro atoms. The quantitative estimate of drug-likeness (QED) is 0.625. The van der Waals surface area contributed by atoms with Gasteiger partial charge in [-0.3, -0.25) is 9.78 Å². The topological polar surface area (TPSA) is 68.3 Å². The molecule has 144 valence electrons. The van der Waals surface area contributed by atoms with Crippen molar-refractivity contribution in [2.45, 2.75) is 27.2 Å². The van der Waals surface area contributed by atoms with Crippen LogP contribution >= 0.6 is 11.6 Å². The van der Waals surface area contributed by atoms with Crippen LogP contribution in [0.1, 0.15) is 34.1 Å². The van der Waals surface area contributed by atoms with E-state index in [0.29, 0.717) is 22.7 Å². The van der Waals surface area contributed by atoms with Gasteiger partial charge in [-0.25, -0.2) is 4.79 Å². The van der Waals surface area contributed by atoms with Gasteiger partial charge in [-0.1, -0.05) is 36.7 Å². The maximum atomic E-state index is 12.8. The molecule has 5 nitrogen and oxygen atoms in total. The predicted molar refractivity (Wildman–Crippen MR) is 111 cm³/mol. The number of esters is 1. The van der Waals surface area contributed by atoms with E-state index in [1.807, 2.05) is 45.0 Å². The van der Waals surface area contributed by atoms with Crippen molar-refractivity contribution < 1.29 is 14.3 Å². The number of ether oxygens (including phenoxy) is 1. The van der Waals surface area contributed by atoms with Gasteiger partial charge in [0.2, 0.25) is 0 Å². The van der Waals surface area contributed by atoms with Crippen LogP contribution in [0.2, 0.25) is 5.02 Å². The summed E-state index contributed by atoms with van der Waals surface area (Å²) < 4.78 is 5.31. The Bertz CT molecular complexity index is 1060. The summed E-state index contributed by atoms with van der Waals surface area (Å²) in [5, 5.41) is 4.04. The van der Waals surface area contributed by atoms with Gasteiger partial charge < -0.3 is 10.1 Å². The number of fused-ring (bicyclic) bond motifs is 1. The number of hydrogen-bond acceptors (Lipinski definition) is 4. The number of benzene rings is 2. The molecule has 2 aromatic carbocycles. The van der Waals surface area contributed by atoms with Crippen LogP contribution in [0.15, 0.2) is 42.5 Å². The third kappa shape index (κ3) is 4.15. The van der Waals surface area contributed by atoms with Crippen molar-refractivity contribution in [2.75, 3.05) is 11.9 Å². The lowest BCUT2D eigenvalue weighted by Gasteiger charge is -2.13. The summed E-state index contributed by atoms with van der Waals surface area (Å²) in [5.74, 6) is -0.945. The van der Waals surface area contributed by atoms with Crippen LogP contribution in [0.3, 0.4) is 0 Å². The lowest BCUT2D eigenvalue weighted by molar-refractivity contribution is -0.119. The maximum absolute atomic E-state index is 12.8. The standard InChI is InChI=1S/C22H21ClN2O3/c1-4-17-14(3)21(16-7-5-6-8-19(16)24-17)22(27)28-12-20(26)25-18-10-9-15(23)11-13(18)2/h5-11H,4,12H2,1-3H3,(H,25,26). The number of para-hydroxylation sites is 1. The summed E-state index contributed by atoms with van der Waals surface area (Å²) in [7, 11) is 0. The first-order valence-electron chi connectivity index (χ1n) is 9.02. The Morgan fingerprint density at radius 1 is 1.14 bits per heavy atom.